The van der Waals surface area contributed by atoms with Crippen molar-refractivity contribution in [3.05, 3.63) is 28.8 Å². The summed E-state index contributed by atoms with van der Waals surface area (Å²) in [6.45, 7) is 0. The highest BCUT2D eigenvalue weighted by Crippen LogP contribution is 2.41. The van der Waals surface area contributed by atoms with Gasteiger partial charge in [-0.05, 0) is 37.8 Å². The van der Waals surface area contributed by atoms with Crippen molar-refractivity contribution in [1.82, 2.24) is 0 Å². The summed E-state index contributed by atoms with van der Waals surface area (Å²) in [5, 5.41) is 9.83. The van der Waals surface area contributed by atoms with Crippen LogP contribution in [0.25, 0.3) is 0 Å². The summed E-state index contributed by atoms with van der Waals surface area (Å²) in [5.74, 6) is 0. The van der Waals surface area contributed by atoms with Crippen molar-refractivity contribution in [3.63, 3.8) is 0 Å². The average molecular weight is 262 g/mol. The van der Waals surface area contributed by atoms with Crippen molar-refractivity contribution in [3.8, 4) is 6.07 Å². The molecule has 2 fully saturated rings. The quantitative estimate of drug-likeness (QED) is 0.846. The van der Waals surface area contributed by atoms with Gasteiger partial charge in [0, 0.05) is 18.1 Å². The second-order valence-electron chi connectivity index (χ2n) is 5.27. The van der Waals surface area contributed by atoms with Crippen LogP contribution in [0, 0.1) is 11.3 Å². The fourth-order valence-corrected chi connectivity index (χ4v) is 3.66. The standard InChI is InChI=1S/C14H16ClN3/c15-13-2-1-3-14(12(13)8-16)18-10-4-5-11(18)7-9(17)6-10/h1-3,9-11H,4-7,17H2. The highest BCUT2D eigenvalue weighted by Gasteiger charge is 2.40. The van der Waals surface area contributed by atoms with Crippen molar-refractivity contribution in [2.45, 2.75) is 43.8 Å². The molecule has 0 radical (unpaired) electrons. The molecule has 4 heteroatoms. The van der Waals surface area contributed by atoms with E-state index in [1.165, 1.54) is 12.8 Å². The SMILES string of the molecule is N#Cc1c(Cl)cccc1N1C2CCC1CC(N)C2. The van der Waals surface area contributed by atoms with Gasteiger partial charge in [0.1, 0.15) is 6.07 Å². The van der Waals surface area contributed by atoms with Gasteiger partial charge in [0.25, 0.3) is 0 Å². The van der Waals surface area contributed by atoms with E-state index in [2.05, 4.69) is 11.0 Å². The summed E-state index contributed by atoms with van der Waals surface area (Å²) in [7, 11) is 0. The molecule has 1 aromatic carbocycles. The molecule has 0 amide bonds. The van der Waals surface area contributed by atoms with E-state index in [1.54, 1.807) is 6.07 Å². The Morgan fingerprint density at radius 1 is 1.28 bits per heavy atom. The number of fused-ring (bicyclic) bond motifs is 2. The van der Waals surface area contributed by atoms with Gasteiger partial charge < -0.3 is 10.6 Å². The number of nitrogens with zero attached hydrogens (tertiary/aromatic N) is 2. The van der Waals surface area contributed by atoms with E-state index < -0.39 is 0 Å². The van der Waals surface area contributed by atoms with Crippen molar-refractivity contribution in [1.29, 1.82) is 5.26 Å². The molecule has 2 bridgehead atoms. The Bertz CT molecular complexity index is 494. The van der Waals surface area contributed by atoms with Crippen LogP contribution in [0.2, 0.25) is 5.02 Å². The van der Waals surface area contributed by atoms with Crippen LogP contribution in [0.15, 0.2) is 18.2 Å². The van der Waals surface area contributed by atoms with E-state index >= 15 is 0 Å². The number of hydrogen-bond acceptors (Lipinski definition) is 3. The van der Waals surface area contributed by atoms with Crippen LogP contribution in [0.5, 0.6) is 0 Å². The van der Waals surface area contributed by atoms with Crippen LogP contribution in [-0.4, -0.2) is 18.1 Å². The molecule has 0 aromatic heterocycles. The van der Waals surface area contributed by atoms with Gasteiger partial charge in [-0.3, -0.25) is 0 Å². The minimum absolute atomic E-state index is 0.309. The van der Waals surface area contributed by atoms with Crippen molar-refractivity contribution in [2.75, 3.05) is 4.90 Å². The maximum absolute atomic E-state index is 9.29. The summed E-state index contributed by atoms with van der Waals surface area (Å²) >= 11 is 6.12. The first-order valence-electron chi connectivity index (χ1n) is 6.43. The Morgan fingerprint density at radius 2 is 1.94 bits per heavy atom. The molecule has 1 aromatic rings. The Morgan fingerprint density at radius 3 is 2.56 bits per heavy atom. The van der Waals surface area contributed by atoms with E-state index in [-0.39, 0.29) is 0 Å². The van der Waals surface area contributed by atoms with E-state index in [0.717, 1.165) is 18.5 Å². The van der Waals surface area contributed by atoms with E-state index in [4.69, 9.17) is 17.3 Å². The van der Waals surface area contributed by atoms with Gasteiger partial charge in [-0.2, -0.15) is 5.26 Å². The summed E-state index contributed by atoms with van der Waals surface area (Å²) in [5.41, 5.74) is 7.67. The number of nitriles is 1. The lowest BCUT2D eigenvalue weighted by atomic mass is 9.96. The van der Waals surface area contributed by atoms with Crippen LogP contribution in [0.3, 0.4) is 0 Å². The third-order valence-corrected chi connectivity index (χ3v) is 4.47. The van der Waals surface area contributed by atoms with Crippen molar-refractivity contribution in [2.24, 2.45) is 5.73 Å². The Hall–Kier alpha value is -1.24. The lowest BCUT2D eigenvalue weighted by Crippen LogP contribution is -2.47. The zero-order valence-electron chi connectivity index (χ0n) is 10.1. The lowest BCUT2D eigenvalue weighted by molar-refractivity contribution is 0.414. The zero-order valence-corrected chi connectivity index (χ0v) is 10.9. The maximum atomic E-state index is 9.29. The second kappa shape index (κ2) is 4.46. The van der Waals surface area contributed by atoms with Crippen LogP contribution < -0.4 is 10.6 Å². The van der Waals surface area contributed by atoms with Crippen LogP contribution >= 0.6 is 11.6 Å². The molecule has 2 aliphatic rings. The number of nitrogens with two attached hydrogens (primary N) is 1. The highest BCUT2D eigenvalue weighted by molar-refractivity contribution is 6.32. The Balaban J connectivity index is 2.02. The normalized spacial score (nSPS) is 30.3. The number of anilines is 1. The molecule has 2 saturated heterocycles. The van der Waals surface area contributed by atoms with Gasteiger partial charge in [0.15, 0.2) is 0 Å². The molecule has 94 valence electrons. The fourth-order valence-electron chi connectivity index (χ4n) is 3.45. The lowest BCUT2D eigenvalue weighted by Gasteiger charge is -2.40. The van der Waals surface area contributed by atoms with E-state index in [0.29, 0.717) is 28.7 Å². The molecule has 0 saturated carbocycles. The maximum Gasteiger partial charge on any atom is 0.103 e. The fraction of sp³-hybridized carbons (Fsp3) is 0.500. The smallest absolute Gasteiger partial charge is 0.103 e. The highest BCUT2D eigenvalue weighted by atomic mass is 35.5. The summed E-state index contributed by atoms with van der Waals surface area (Å²) in [6.07, 6.45) is 4.40. The first kappa shape index (κ1) is 11.8. The molecule has 2 N–H and O–H groups in total. The van der Waals surface area contributed by atoms with Crippen LogP contribution in [0.4, 0.5) is 5.69 Å². The predicted molar refractivity (Wildman–Crippen MR) is 72.7 cm³/mol. The van der Waals surface area contributed by atoms with Crippen molar-refractivity contribution >= 4 is 17.3 Å². The van der Waals surface area contributed by atoms with Gasteiger partial charge in [-0.1, -0.05) is 17.7 Å². The second-order valence-corrected chi connectivity index (χ2v) is 5.68. The first-order chi connectivity index (χ1) is 8.70. The predicted octanol–water partition coefficient (Wildman–Crippen LogP) is 2.67. The molecule has 0 aliphatic carbocycles. The molecule has 2 heterocycles. The van der Waals surface area contributed by atoms with Crippen LogP contribution in [-0.2, 0) is 0 Å². The molecular weight excluding hydrogens is 246 g/mol. The molecule has 2 unspecified atom stereocenters. The van der Waals surface area contributed by atoms with Gasteiger partial charge in [0.2, 0.25) is 0 Å². The molecular formula is C14H16ClN3. The number of benzene rings is 1. The van der Waals surface area contributed by atoms with Gasteiger partial charge in [0.05, 0.1) is 16.3 Å². The molecule has 3 rings (SSSR count). The summed E-state index contributed by atoms with van der Waals surface area (Å²) < 4.78 is 0. The van der Waals surface area contributed by atoms with Crippen molar-refractivity contribution < 1.29 is 0 Å². The monoisotopic (exact) mass is 261 g/mol. The van der Waals surface area contributed by atoms with Gasteiger partial charge >= 0.3 is 0 Å². The molecule has 2 aliphatic heterocycles. The molecule has 0 spiro atoms. The third kappa shape index (κ3) is 1.77. The summed E-state index contributed by atoms with van der Waals surface area (Å²) in [4.78, 5) is 2.38. The number of rotatable bonds is 1. The van der Waals surface area contributed by atoms with E-state index in [1.807, 2.05) is 12.1 Å². The number of hydrogen-bond donors (Lipinski definition) is 1. The topological polar surface area (TPSA) is 53.0 Å². The zero-order chi connectivity index (χ0) is 12.7. The van der Waals surface area contributed by atoms with E-state index in [9.17, 15) is 5.26 Å². The number of piperidine rings is 1. The molecule has 3 nitrogen and oxygen atoms in total. The molecule has 18 heavy (non-hydrogen) atoms. The van der Waals surface area contributed by atoms with Gasteiger partial charge in [-0.25, -0.2) is 0 Å². The Kier molecular flexibility index (Phi) is 2.93. The minimum Gasteiger partial charge on any atom is -0.364 e. The average Bonchev–Trinajstić information content (AvgIpc) is 2.61. The Labute approximate surface area is 112 Å². The first-order valence-corrected chi connectivity index (χ1v) is 6.81. The minimum atomic E-state index is 0.309. The third-order valence-electron chi connectivity index (χ3n) is 4.15. The molecule has 2 atom stereocenters. The number of halogens is 1. The van der Waals surface area contributed by atoms with Crippen LogP contribution in [0.1, 0.15) is 31.2 Å². The van der Waals surface area contributed by atoms with Gasteiger partial charge in [-0.15, -0.1) is 0 Å². The largest absolute Gasteiger partial charge is 0.364 e. The summed E-state index contributed by atoms with van der Waals surface area (Å²) in [6, 6.07) is 9.21.